The number of nitrogens with two attached hydrogens (primary N) is 1. The average Bonchev–Trinajstić information content (AvgIpc) is 2.64. The van der Waals surface area contributed by atoms with Gasteiger partial charge in [-0.15, -0.1) is 10.2 Å². The van der Waals surface area contributed by atoms with Crippen molar-refractivity contribution in [2.75, 3.05) is 12.3 Å². The molecule has 3 N–H and O–H groups in total. The first-order valence-electron chi connectivity index (χ1n) is 5.82. The third-order valence-corrected chi connectivity index (χ3v) is 5.42. The molecule has 1 aromatic heterocycles. The summed E-state index contributed by atoms with van der Waals surface area (Å²) in [5, 5.41) is 7.21. The van der Waals surface area contributed by atoms with Crippen molar-refractivity contribution in [3.8, 4) is 0 Å². The van der Waals surface area contributed by atoms with E-state index in [-0.39, 0.29) is 15.4 Å². The van der Waals surface area contributed by atoms with Crippen LogP contribution in [0.15, 0.2) is 4.34 Å². The van der Waals surface area contributed by atoms with Gasteiger partial charge in [-0.2, -0.15) is 0 Å². The number of sulfonamides is 1. The van der Waals surface area contributed by atoms with E-state index in [1.807, 2.05) is 0 Å². The Kier molecular flexibility index (Phi) is 5.06. The molecule has 0 amide bonds. The molecule has 0 aliphatic rings. The Hall–Kier alpha value is -0.730. The highest BCUT2D eigenvalue weighted by Crippen LogP contribution is 2.21. The van der Waals surface area contributed by atoms with E-state index in [0.717, 1.165) is 11.3 Å². The van der Waals surface area contributed by atoms with Gasteiger partial charge in [0.1, 0.15) is 0 Å². The highest BCUT2D eigenvalue weighted by atomic mass is 32.2. The number of anilines is 1. The standard InChI is InChI=1S/C10H20N4O2S2/c1-6(2)8(7(3)4)5-12-18(15,16)10-14-13-9(11)17-10/h6-8,12H,5H2,1-4H3,(H2,11,13). The van der Waals surface area contributed by atoms with E-state index in [1.54, 1.807) is 0 Å². The summed E-state index contributed by atoms with van der Waals surface area (Å²) in [7, 11) is -3.59. The fraction of sp³-hybridized carbons (Fsp3) is 0.800. The summed E-state index contributed by atoms with van der Waals surface area (Å²) in [6.45, 7) is 8.74. The molecule has 0 saturated heterocycles. The Morgan fingerprint density at radius 3 is 2.17 bits per heavy atom. The zero-order chi connectivity index (χ0) is 13.9. The van der Waals surface area contributed by atoms with Gasteiger partial charge in [-0.05, 0) is 17.8 Å². The van der Waals surface area contributed by atoms with Gasteiger partial charge in [-0.3, -0.25) is 0 Å². The summed E-state index contributed by atoms with van der Waals surface area (Å²) in [6.07, 6.45) is 0. The van der Waals surface area contributed by atoms with Crippen molar-refractivity contribution in [3.63, 3.8) is 0 Å². The minimum absolute atomic E-state index is 0.0775. The topological polar surface area (TPSA) is 98.0 Å². The number of nitrogens with one attached hydrogen (secondary N) is 1. The Morgan fingerprint density at radius 1 is 1.22 bits per heavy atom. The molecule has 0 radical (unpaired) electrons. The van der Waals surface area contributed by atoms with E-state index in [0.29, 0.717) is 18.4 Å². The van der Waals surface area contributed by atoms with Crippen molar-refractivity contribution >= 4 is 26.5 Å². The molecule has 18 heavy (non-hydrogen) atoms. The third-order valence-electron chi connectivity index (χ3n) is 2.87. The number of nitrogens with zero attached hydrogens (tertiary/aromatic N) is 2. The van der Waals surface area contributed by atoms with Gasteiger partial charge in [0.25, 0.3) is 10.0 Å². The smallest absolute Gasteiger partial charge is 0.269 e. The van der Waals surface area contributed by atoms with Crippen LogP contribution < -0.4 is 10.5 Å². The van der Waals surface area contributed by atoms with E-state index in [2.05, 4.69) is 42.6 Å². The first-order chi connectivity index (χ1) is 8.24. The van der Waals surface area contributed by atoms with Crippen LogP contribution >= 0.6 is 11.3 Å². The van der Waals surface area contributed by atoms with Crippen molar-refractivity contribution in [1.82, 2.24) is 14.9 Å². The van der Waals surface area contributed by atoms with E-state index < -0.39 is 10.0 Å². The summed E-state index contributed by atoms with van der Waals surface area (Å²) in [5.74, 6) is 1.10. The van der Waals surface area contributed by atoms with Crippen LogP contribution in [0.2, 0.25) is 0 Å². The first-order valence-corrected chi connectivity index (χ1v) is 8.12. The highest BCUT2D eigenvalue weighted by Gasteiger charge is 2.23. The van der Waals surface area contributed by atoms with Crippen LogP contribution in [0.1, 0.15) is 27.7 Å². The molecule has 0 saturated carbocycles. The monoisotopic (exact) mass is 292 g/mol. The zero-order valence-corrected chi connectivity index (χ0v) is 12.7. The van der Waals surface area contributed by atoms with Crippen molar-refractivity contribution < 1.29 is 8.42 Å². The normalized spacial score (nSPS) is 12.8. The molecular weight excluding hydrogens is 272 g/mol. The van der Waals surface area contributed by atoms with Gasteiger partial charge in [0.05, 0.1) is 0 Å². The number of hydrogen-bond donors (Lipinski definition) is 2. The zero-order valence-electron chi connectivity index (χ0n) is 11.0. The molecule has 1 rings (SSSR count). The van der Waals surface area contributed by atoms with Crippen molar-refractivity contribution in [2.45, 2.75) is 32.0 Å². The van der Waals surface area contributed by atoms with Crippen molar-refractivity contribution in [1.29, 1.82) is 0 Å². The second-order valence-electron chi connectivity index (χ2n) is 4.91. The molecule has 0 spiro atoms. The molecule has 0 atom stereocenters. The van der Waals surface area contributed by atoms with Crippen LogP contribution in [0.4, 0.5) is 5.13 Å². The Labute approximate surface area is 112 Å². The van der Waals surface area contributed by atoms with E-state index in [9.17, 15) is 8.42 Å². The quantitative estimate of drug-likeness (QED) is 0.824. The maximum atomic E-state index is 11.9. The summed E-state index contributed by atoms with van der Waals surface area (Å²) in [4.78, 5) is 0. The summed E-state index contributed by atoms with van der Waals surface area (Å²) < 4.78 is 26.4. The third kappa shape index (κ3) is 3.89. The maximum Gasteiger partial charge on any atom is 0.269 e. The molecule has 0 aliphatic heterocycles. The molecular formula is C10H20N4O2S2. The van der Waals surface area contributed by atoms with Gasteiger partial charge in [0, 0.05) is 6.54 Å². The lowest BCUT2D eigenvalue weighted by atomic mass is 9.86. The lowest BCUT2D eigenvalue weighted by Crippen LogP contribution is -2.33. The number of rotatable bonds is 6. The molecule has 8 heteroatoms. The SMILES string of the molecule is CC(C)C(CNS(=O)(=O)c1nnc(N)s1)C(C)C. The van der Waals surface area contributed by atoms with Gasteiger partial charge in [-0.25, -0.2) is 13.1 Å². The molecule has 1 heterocycles. The summed E-state index contributed by atoms with van der Waals surface area (Å²) >= 11 is 0.868. The van der Waals surface area contributed by atoms with Gasteiger partial charge >= 0.3 is 0 Å². The van der Waals surface area contributed by atoms with Crippen LogP contribution in [0.25, 0.3) is 0 Å². The predicted molar refractivity (Wildman–Crippen MR) is 72.7 cm³/mol. The lowest BCUT2D eigenvalue weighted by molar-refractivity contribution is 0.289. The van der Waals surface area contributed by atoms with E-state index in [4.69, 9.17) is 5.73 Å². The molecule has 0 fully saturated rings. The summed E-state index contributed by atoms with van der Waals surface area (Å²) in [6, 6.07) is 0. The number of hydrogen-bond acceptors (Lipinski definition) is 6. The molecule has 0 aliphatic carbocycles. The number of aromatic nitrogens is 2. The fourth-order valence-electron chi connectivity index (χ4n) is 1.84. The Balaban J connectivity index is 2.73. The first kappa shape index (κ1) is 15.3. The molecule has 1 aromatic rings. The van der Waals surface area contributed by atoms with Crippen molar-refractivity contribution in [2.24, 2.45) is 17.8 Å². The second-order valence-corrected chi connectivity index (χ2v) is 7.86. The minimum Gasteiger partial charge on any atom is -0.374 e. The highest BCUT2D eigenvalue weighted by molar-refractivity contribution is 7.91. The van der Waals surface area contributed by atoms with Crippen LogP contribution in [0, 0.1) is 17.8 Å². The van der Waals surface area contributed by atoms with Gasteiger partial charge < -0.3 is 5.73 Å². The molecule has 104 valence electrons. The fourth-order valence-corrected chi connectivity index (χ4v) is 3.74. The largest absolute Gasteiger partial charge is 0.374 e. The predicted octanol–water partition coefficient (Wildman–Crippen LogP) is 1.33. The van der Waals surface area contributed by atoms with Crippen LogP contribution in [-0.2, 0) is 10.0 Å². The molecule has 6 nitrogen and oxygen atoms in total. The minimum atomic E-state index is -3.59. The van der Waals surface area contributed by atoms with Gasteiger partial charge in [0.2, 0.25) is 9.47 Å². The average molecular weight is 292 g/mol. The summed E-state index contributed by atoms with van der Waals surface area (Å²) in [5.41, 5.74) is 5.38. The Morgan fingerprint density at radius 2 is 1.78 bits per heavy atom. The number of nitrogen functional groups attached to an aromatic ring is 1. The molecule has 0 unspecified atom stereocenters. The van der Waals surface area contributed by atoms with Crippen LogP contribution in [0.5, 0.6) is 0 Å². The van der Waals surface area contributed by atoms with Crippen molar-refractivity contribution in [3.05, 3.63) is 0 Å². The lowest BCUT2D eigenvalue weighted by Gasteiger charge is -2.24. The maximum absolute atomic E-state index is 11.9. The van der Waals surface area contributed by atoms with Gasteiger partial charge in [-0.1, -0.05) is 39.0 Å². The van der Waals surface area contributed by atoms with Gasteiger partial charge in [0.15, 0.2) is 0 Å². The van der Waals surface area contributed by atoms with E-state index in [1.165, 1.54) is 0 Å². The van der Waals surface area contributed by atoms with Crippen LogP contribution in [-0.4, -0.2) is 25.2 Å². The molecule has 0 bridgehead atoms. The van der Waals surface area contributed by atoms with Crippen LogP contribution in [0.3, 0.4) is 0 Å². The van der Waals surface area contributed by atoms with E-state index >= 15 is 0 Å². The second kappa shape index (κ2) is 5.94. The Bertz CT molecular complexity index is 474. The molecule has 0 aromatic carbocycles.